The first-order chi connectivity index (χ1) is 6.83. The Morgan fingerprint density at radius 1 is 0.867 bits per heavy atom. The predicted molar refractivity (Wildman–Crippen MR) is 61.7 cm³/mol. The summed E-state index contributed by atoms with van der Waals surface area (Å²) in [5.74, 6) is 0.731. The van der Waals surface area contributed by atoms with Gasteiger partial charge >= 0.3 is 0 Å². The van der Waals surface area contributed by atoms with Gasteiger partial charge in [-0.25, -0.2) is 0 Å². The SMILES string of the molecule is CC(C)(C)C(C)(C)OOc1ccccc1. The van der Waals surface area contributed by atoms with E-state index in [1.165, 1.54) is 0 Å². The maximum atomic E-state index is 5.48. The van der Waals surface area contributed by atoms with Crippen LogP contribution >= 0.6 is 0 Å². The maximum Gasteiger partial charge on any atom is 0.165 e. The van der Waals surface area contributed by atoms with Crippen molar-refractivity contribution in [3.05, 3.63) is 30.3 Å². The molecule has 2 nitrogen and oxygen atoms in total. The molecule has 0 aliphatic carbocycles. The number of para-hydroxylation sites is 1. The van der Waals surface area contributed by atoms with E-state index in [0.717, 1.165) is 5.75 Å². The van der Waals surface area contributed by atoms with Gasteiger partial charge in [-0.15, -0.1) is 0 Å². The molecule has 1 rings (SSSR count). The lowest BCUT2D eigenvalue weighted by Crippen LogP contribution is -2.40. The molecule has 0 radical (unpaired) electrons. The molecule has 0 saturated heterocycles. The quantitative estimate of drug-likeness (QED) is 0.555. The molecule has 1 aromatic carbocycles. The van der Waals surface area contributed by atoms with Crippen molar-refractivity contribution in [2.24, 2.45) is 5.41 Å². The van der Waals surface area contributed by atoms with Crippen LogP contribution < -0.4 is 4.89 Å². The van der Waals surface area contributed by atoms with Gasteiger partial charge in [-0.05, 0) is 31.4 Å². The van der Waals surface area contributed by atoms with Crippen LogP contribution in [0.1, 0.15) is 34.6 Å². The highest BCUT2D eigenvalue weighted by Gasteiger charge is 2.35. The van der Waals surface area contributed by atoms with Crippen molar-refractivity contribution >= 4 is 0 Å². The number of benzene rings is 1. The summed E-state index contributed by atoms with van der Waals surface area (Å²) in [7, 11) is 0. The first kappa shape index (κ1) is 12.1. The van der Waals surface area contributed by atoms with Gasteiger partial charge in [-0.3, -0.25) is 0 Å². The second-order valence-corrected chi connectivity index (χ2v) is 5.24. The van der Waals surface area contributed by atoms with Crippen LogP contribution in [-0.2, 0) is 4.89 Å². The van der Waals surface area contributed by atoms with Crippen LogP contribution in [0.2, 0.25) is 0 Å². The fraction of sp³-hybridized carbons (Fsp3) is 0.538. The number of hydrogen-bond acceptors (Lipinski definition) is 2. The molecule has 0 heterocycles. The number of hydrogen-bond donors (Lipinski definition) is 0. The Morgan fingerprint density at radius 2 is 1.40 bits per heavy atom. The third-order valence-corrected chi connectivity index (χ3v) is 2.90. The summed E-state index contributed by atoms with van der Waals surface area (Å²) in [4.78, 5) is 10.8. The second kappa shape index (κ2) is 4.23. The molecule has 0 aliphatic rings. The van der Waals surface area contributed by atoms with E-state index in [0.29, 0.717) is 0 Å². The van der Waals surface area contributed by atoms with Crippen molar-refractivity contribution in [2.75, 3.05) is 0 Å². The highest BCUT2D eigenvalue weighted by Crippen LogP contribution is 2.33. The molecule has 0 fully saturated rings. The summed E-state index contributed by atoms with van der Waals surface area (Å²) in [6.07, 6.45) is 0. The molecule has 0 atom stereocenters. The van der Waals surface area contributed by atoms with Crippen LogP contribution in [0.25, 0.3) is 0 Å². The van der Waals surface area contributed by atoms with Gasteiger partial charge in [0.2, 0.25) is 0 Å². The summed E-state index contributed by atoms with van der Waals surface area (Å²) in [6, 6.07) is 9.53. The van der Waals surface area contributed by atoms with E-state index in [1.807, 2.05) is 44.2 Å². The van der Waals surface area contributed by atoms with E-state index in [9.17, 15) is 0 Å². The number of rotatable bonds is 3. The molecule has 0 N–H and O–H groups in total. The predicted octanol–water partition coefficient (Wildman–Crippen LogP) is 3.82. The molecule has 0 saturated carbocycles. The summed E-state index contributed by atoms with van der Waals surface area (Å²) in [6.45, 7) is 10.4. The van der Waals surface area contributed by atoms with Gasteiger partial charge in [0.15, 0.2) is 5.75 Å². The average Bonchev–Trinajstić information content (AvgIpc) is 2.15. The van der Waals surface area contributed by atoms with Gasteiger partial charge in [0.1, 0.15) is 5.60 Å². The van der Waals surface area contributed by atoms with Crippen LogP contribution in [-0.4, -0.2) is 5.60 Å². The Balaban J connectivity index is 2.58. The summed E-state index contributed by atoms with van der Waals surface area (Å²) in [5, 5.41) is 0. The fourth-order valence-electron chi connectivity index (χ4n) is 0.753. The van der Waals surface area contributed by atoms with Crippen molar-refractivity contribution in [2.45, 2.75) is 40.2 Å². The van der Waals surface area contributed by atoms with E-state index in [-0.39, 0.29) is 11.0 Å². The molecular formula is C13H20O2. The van der Waals surface area contributed by atoms with E-state index < -0.39 is 0 Å². The highest BCUT2D eigenvalue weighted by atomic mass is 17.2. The van der Waals surface area contributed by atoms with Gasteiger partial charge in [-0.1, -0.05) is 39.0 Å². The Labute approximate surface area is 92.1 Å². The first-order valence-corrected chi connectivity index (χ1v) is 5.24. The third-order valence-electron chi connectivity index (χ3n) is 2.90. The zero-order valence-electron chi connectivity index (χ0n) is 10.2. The van der Waals surface area contributed by atoms with Crippen LogP contribution in [0.5, 0.6) is 5.75 Å². The van der Waals surface area contributed by atoms with Crippen LogP contribution in [0.4, 0.5) is 0 Å². The topological polar surface area (TPSA) is 18.5 Å². The molecule has 0 unspecified atom stereocenters. The molecule has 0 aromatic heterocycles. The molecule has 15 heavy (non-hydrogen) atoms. The van der Waals surface area contributed by atoms with Crippen molar-refractivity contribution < 1.29 is 9.78 Å². The lowest BCUT2D eigenvalue weighted by Gasteiger charge is -2.36. The second-order valence-electron chi connectivity index (χ2n) is 5.24. The van der Waals surface area contributed by atoms with E-state index >= 15 is 0 Å². The van der Waals surface area contributed by atoms with Crippen molar-refractivity contribution in [3.8, 4) is 5.75 Å². The molecule has 0 aliphatic heterocycles. The van der Waals surface area contributed by atoms with Crippen LogP contribution in [0, 0.1) is 5.41 Å². The first-order valence-electron chi connectivity index (χ1n) is 5.24. The van der Waals surface area contributed by atoms with Crippen molar-refractivity contribution in [3.63, 3.8) is 0 Å². The summed E-state index contributed by atoms with van der Waals surface area (Å²) >= 11 is 0. The Hall–Kier alpha value is -1.02. The molecular weight excluding hydrogens is 188 g/mol. The molecule has 0 bridgehead atoms. The fourth-order valence-corrected chi connectivity index (χ4v) is 0.753. The zero-order valence-corrected chi connectivity index (χ0v) is 10.2. The van der Waals surface area contributed by atoms with Crippen molar-refractivity contribution in [1.82, 2.24) is 0 Å². The molecule has 84 valence electrons. The zero-order chi connectivity index (χ0) is 11.5. The van der Waals surface area contributed by atoms with Gasteiger partial charge in [0.05, 0.1) is 0 Å². The maximum absolute atomic E-state index is 5.48. The normalized spacial score (nSPS) is 12.6. The van der Waals surface area contributed by atoms with E-state index in [2.05, 4.69) is 20.8 Å². The standard InChI is InChI=1S/C13H20O2/c1-12(2,3)13(4,5)15-14-11-9-7-6-8-10-11/h6-10H,1-5H3. The Morgan fingerprint density at radius 3 is 1.87 bits per heavy atom. The van der Waals surface area contributed by atoms with E-state index in [1.54, 1.807) is 0 Å². The molecule has 2 heteroatoms. The van der Waals surface area contributed by atoms with E-state index in [4.69, 9.17) is 9.78 Å². The average molecular weight is 208 g/mol. The Kier molecular flexibility index (Phi) is 3.40. The highest BCUT2D eigenvalue weighted by molar-refractivity contribution is 5.20. The summed E-state index contributed by atoms with van der Waals surface area (Å²) in [5.41, 5.74) is -0.301. The van der Waals surface area contributed by atoms with Gasteiger partial charge in [0, 0.05) is 0 Å². The van der Waals surface area contributed by atoms with Crippen molar-refractivity contribution in [1.29, 1.82) is 0 Å². The van der Waals surface area contributed by atoms with Gasteiger partial charge < -0.3 is 4.89 Å². The molecule has 1 aromatic rings. The minimum atomic E-state index is -0.331. The third kappa shape index (κ3) is 3.24. The molecule has 0 amide bonds. The monoisotopic (exact) mass is 208 g/mol. The Bertz CT molecular complexity index is 296. The lowest BCUT2D eigenvalue weighted by molar-refractivity contribution is -0.308. The smallest absolute Gasteiger partial charge is 0.165 e. The van der Waals surface area contributed by atoms with Gasteiger partial charge in [0.25, 0.3) is 0 Å². The minimum Gasteiger partial charge on any atom is -0.337 e. The summed E-state index contributed by atoms with van der Waals surface area (Å²) < 4.78 is 0. The van der Waals surface area contributed by atoms with Crippen LogP contribution in [0.3, 0.4) is 0 Å². The molecule has 0 spiro atoms. The van der Waals surface area contributed by atoms with Gasteiger partial charge in [-0.2, -0.15) is 4.89 Å². The lowest BCUT2D eigenvalue weighted by atomic mass is 9.79. The minimum absolute atomic E-state index is 0.0295. The largest absolute Gasteiger partial charge is 0.337 e. The van der Waals surface area contributed by atoms with Crippen LogP contribution in [0.15, 0.2) is 30.3 Å².